The summed E-state index contributed by atoms with van der Waals surface area (Å²) in [6.45, 7) is 0.937. The minimum atomic E-state index is -5.08. The van der Waals surface area contributed by atoms with Gasteiger partial charge in [-0.3, -0.25) is 0 Å². The molecule has 14 heteroatoms. The second-order valence-corrected chi connectivity index (χ2v) is 9.60. The fourth-order valence-corrected chi connectivity index (χ4v) is 5.37. The number of halogens is 6. The van der Waals surface area contributed by atoms with Crippen molar-refractivity contribution in [3.8, 4) is 11.5 Å². The number of methoxy groups -OCH3 is 2. The number of hydrogen-bond acceptors (Lipinski definition) is 5. The maximum Gasteiger partial charge on any atom is 0.490 e. The summed E-state index contributed by atoms with van der Waals surface area (Å²) in [5.41, 5.74) is 0.985. The van der Waals surface area contributed by atoms with Gasteiger partial charge in [0.1, 0.15) is 0 Å². The van der Waals surface area contributed by atoms with E-state index in [0.29, 0.717) is 11.5 Å². The highest BCUT2D eigenvalue weighted by Gasteiger charge is 2.50. The number of nitrogens with zero attached hydrogens (tertiary/aromatic N) is 1. The van der Waals surface area contributed by atoms with Gasteiger partial charge in [0.25, 0.3) is 0 Å². The summed E-state index contributed by atoms with van der Waals surface area (Å²) in [5, 5.41) is 12.4. The van der Waals surface area contributed by atoms with Crippen molar-refractivity contribution in [1.82, 2.24) is 10.2 Å². The largest absolute Gasteiger partial charge is 0.493 e. The Labute approximate surface area is 226 Å². The van der Waals surface area contributed by atoms with E-state index in [-0.39, 0.29) is 23.2 Å². The van der Waals surface area contributed by atoms with E-state index in [1.54, 1.807) is 14.2 Å². The maximum atomic E-state index is 13.4. The molecular weight excluding hydrogens is 548 g/mol. The number of aliphatic carboxylic acids is 1. The molecule has 3 atom stereocenters. The van der Waals surface area contributed by atoms with Crippen LogP contribution in [0.1, 0.15) is 31.2 Å². The highest BCUT2D eigenvalue weighted by molar-refractivity contribution is 5.89. The molecule has 8 nitrogen and oxygen atoms in total. The van der Waals surface area contributed by atoms with E-state index in [2.05, 4.69) is 28.6 Å². The third-order valence-electron chi connectivity index (χ3n) is 7.31. The number of benzene rings is 2. The molecule has 1 aliphatic heterocycles. The highest BCUT2D eigenvalue weighted by atomic mass is 19.4. The van der Waals surface area contributed by atoms with Crippen molar-refractivity contribution >= 4 is 17.7 Å². The summed E-state index contributed by atoms with van der Waals surface area (Å²) in [4.78, 5) is 23.7. The van der Waals surface area contributed by atoms with Crippen LogP contribution in [0.4, 0.5) is 36.8 Å². The van der Waals surface area contributed by atoms with E-state index in [1.807, 2.05) is 12.1 Å². The molecule has 2 fully saturated rings. The van der Waals surface area contributed by atoms with Gasteiger partial charge in [-0.25, -0.2) is 22.8 Å². The number of nitrogens with one attached hydrogen (secondary N) is 2. The van der Waals surface area contributed by atoms with Gasteiger partial charge in [-0.1, -0.05) is 6.07 Å². The van der Waals surface area contributed by atoms with Crippen LogP contribution in [0.15, 0.2) is 30.3 Å². The Hall–Kier alpha value is -3.68. The number of fused-ring (bicyclic) bond motifs is 1. The number of ether oxygens (including phenoxy) is 2. The summed E-state index contributed by atoms with van der Waals surface area (Å²) >= 11 is 0. The molecule has 0 bridgehead atoms. The van der Waals surface area contributed by atoms with Crippen LogP contribution >= 0.6 is 0 Å². The Morgan fingerprint density at radius 2 is 1.62 bits per heavy atom. The van der Waals surface area contributed by atoms with Crippen LogP contribution in [-0.4, -0.2) is 68.1 Å². The van der Waals surface area contributed by atoms with Crippen molar-refractivity contribution in [3.63, 3.8) is 0 Å². The molecule has 3 N–H and O–H groups in total. The number of likely N-dealkylation sites (tertiary alicyclic amines) is 1. The van der Waals surface area contributed by atoms with Gasteiger partial charge in [0, 0.05) is 35.3 Å². The van der Waals surface area contributed by atoms with Crippen LogP contribution in [0, 0.1) is 17.5 Å². The van der Waals surface area contributed by atoms with Crippen LogP contribution < -0.4 is 20.1 Å². The van der Waals surface area contributed by atoms with Gasteiger partial charge in [-0.2, -0.15) is 13.2 Å². The molecular formula is C26H29F6N3O5. The number of rotatable bonds is 5. The minimum absolute atomic E-state index is 0.0633. The van der Waals surface area contributed by atoms with Crippen molar-refractivity contribution in [2.45, 2.75) is 49.4 Å². The fourth-order valence-electron chi connectivity index (χ4n) is 5.37. The van der Waals surface area contributed by atoms with Gasteiger partial charge in [0.15, 0.2) is 29.0 Å². The summed E-state index contributed by atoms with van der Waals surface area (Å²) in [6, 6.07) is 7.09. The summed E-state index contributed by atoms with van der Waals surface area (Å²) in [7, 11) is 5.31. The third-order valence-corrected chi connectivity index (χ3v) is 7.31. The van der Waals surface area contributed by atoms with Gasteiger partial charge in [-0.15, -0.1) is 0 Å². The summed E-state index contributed by atoms with van der Waals surface area (Å²) < 4.78 is 82.7. The zero-order valence-corrected chi connectivity index (χ0v) is 21.9. The van der Waals surface area contributed by atoms with Gasteiger partial charge >= 0.3 is 18.2 Å². The molecule has 0 unspecified atom stereocenters. The third kappa shape index (κ3) is 6.72. The van der Waals surface area contributed by atoms with Crippen LogP contribution in [0.3, 0.4) is 0 Å². The first-order valence-corrected chi connectivity index (χ1v) is 12.2. The summed E-state index contributed by atoms with van der Waals surface area (Å²) in [6.07, 6.45) is -1.75. The second kappa shape index (κ2) is 12.2. The second-order valence-electron chi connectivity index (χ2n) is 9.60. The monoisotopic (exact) mass is 577 g/mol. The minimum Gasteiger partial charge on any atom is -0.493 e. The first-order chi connectivity index (χ1) is 18.7. The molecule has 1 saturated heterocycles. The molecule has 2 aliphatic rings. The maximum absolute atomic E-state index is 13.4. The van der Waals surface area contributed by atoms with E-state index in [0.717, 1.165) is 44.4 Å². The predicted octanol–water partition coefficient (Wildman–Crippen LogP) is 5.07. The Morgan fingerprint density at radius 1 is 1.02 bits per heavy atom. The number of likely N-dealkylation sites (N-methyl/N-ethyl adjacent to an activating group) is 1. The van der Waals surface area contributed by atoms with Gasteiger partial charge in [-0.05, 0) is 57.0 Å². The molecule has 1 saturated carbocycles. The molecule has 0 aromatic heterocycles. The molecule has 2 aromatic carbocycles. The molecule has 0 radical (unpaired) electrons. The fraction of sp³-hybridized carbons (Fsp3) is 0.462. The zero-order chi connectivity index (χ0) is 29.8. The number of anilines is 1. The van der Waals surface area contributed by atoms with Crippen molar-refractivity contribution in [1.29, 1.82) is 0 Å². The van der Waals surface area contributed by atoms with E-state index in [1.165, 1.54) is 5.56 Å². The Bertz CT molecular complexity index is 1220. The number of carbonyl (C=O) groups excluding carboxylic acids is 1. The lowest BCUT2D eigenvalue weighted by Crippen LogP contribution is -2.52. The zero-order valence-electron chi connectivity index (χ0n) is 21.9. The number of alkyl halides is 3. The molecule has 1 heterocycles. The van der Waals surface area contributed by atoms with Crippen LogP contribution in [0.5, 0.6) is 11.5 Å². The van der Waals surface area contributed by atoms with E-state index < -0.39 is 35.6 Å². The number of carboxylic acid groups (broad SMARTS) is 1. The normalized spacial score (nSPS) is 22.4. The lowest BCUT2D eigenvalue weighted by molar-refractivity contribution is -0.192. The average Bonchev–Trinajstić information content (AvgIpc) is 3.23. The first-order valence-electron chi connectivity index (χ1n) is 12.2. The van der Waals surface area contributed by atoms with Crippen molar-refractivity contribution in [3.05, 3.63) is 53.3 Å². The lowest BCUT2D eigenvalue weighted by Gasteiger charge is -2.45. The number of amides is 2. The molecule has 2 aromatic rings. The Kier molecular flexibility index (Phi) is 9.44. The molecule has 1 aliphatic carbocycles. The van der Waals surface area contributed by atoms with Crippen LogP contribution in [0.2, 0.25) is 0 Å². The van der Waals surface area contributed by atoms with Crippen LogP contribution in [-0.2, 0) is 10.2 Å². The SMILES string of the molecule is COc1ccc([C@@]23CC[C@@H](NC(=O)Nc4cc(F)c(F)c(F)c4)C[C@@H]2N(C)CC3)cc1OC.O=C(O)C(F)(F)F. The molecule has 2 amide bonds. The number of carboxylic acids is 1. The smallest absolute Gasteiger partial charge is 0.490 e. The average molecular weight is 578 g/mol. The van der Waals surface area contributed by atoms with Crippen molar-refractivity contribution in [2.75, 3.05) is 33.1 Å². The van der Waals surface area contributed by atoms with Crippen LogP contribution in [0.25, 0.3) is 0 Å². The Balaban J connectivity index is 0.000000559. The van der Waals surface area contributed by atoms with E-state index in [9.17, 15) is 31.1 Å². The Morgan fingerprint density at radius 3 is 2.17 bits per heavy atom. The number of carbonyl (C=O) groups is 2. The van der Waals surface area contributed by atoms with E-state index >= 15 is 0 Å². The number of hydrogen-bond donors (Lipinski definition) is 3. The van der Waals surface area contributed by atoms with Gasteiger partial charge in [0.2, 0.25) is 0 Å². The lowest BCUT2D eigenvalue weighted by atomic mass is 9.65. The van der Waals surface area contributed by atoms with E-state index in [4.69, 9.17) is 19.4 Å². The topological polar surface area (TPSA) is 100 Å². The quantitative estimate of drug-likeness (QED) is 0.339. The number of urea groups is 1. The standard InChI is InChI=1S/C24H28F3N3O3.C2HF3O2/c1-30-9-8-24(14-4-5-19(32-2)20(10-14)33-3)7-6-15(13-21(24)30)28-23(31)29-16-11-17(25)22(27)18(26)12-16;3-2(4,5)1(6)7/h4-5,10-12,15,21H,6-9,13H2,1-3H3,(H2,28,29,31);(H,6,7)/t15-,21+,24+;/m1./s1. The molecule has 0 spiro atoms. The van der Waals surface area contributed by atoms with Gasteiger partial charge in [0.05, 0.1) is 14.2 Å². The van der Waals surface area contributed by atoms with Gasteiger partial charge < -0.3 is 30.1 Å². The van der Waals surface area contributed by atoms with Crippen molar-refractivity contribution in [2.24, 2.45) is 0 Å². The molecule has 40 heavy (non-hydrogen) atoms. The molecule has 220 valence electrons. The predicted molar refractivity (Wildman–Crippen MR) is 132 cm³/mol. The van der Waals surface area contributed by atoms with Crippen molar-refractivity contribution < 1.29 is 50.5 Å². The highest BCUT2D eigenvalue weighted by Crippen LogP contribution is 2.49. The first kappa shape index (κ1) is 30.9. The summed E-state index contributed by atoms with van der Waals surface area (Å²) in [5.74, 6) is -5.65. The molecule has 4 rings (SSSR count).